The summed E-state index contributed by atoms with van der Waals surface area (Å²) in [5.41, 5.74) is -0.0108. The molecule has 0 radical (unpaired) electrons. The molecular formula is C9H13N5O4. The van der Waals surface area contributed by atoms with Crippen molar-refractivity contribution >= 4 is 17.9 Å². The Kier molecular flexibility index (Phi) is 4.78. The lowest BCUT2D eigenvalue weighted by molar-refractivity contribution is -0.120. The second-order valence-electron chi connectivity index (χ2n) is 3.20. The standard InChI is InChI=1S/C9H13N5O4/c1-3-10-9(17)11-7(15)5-14-4-6(12-13-14)8(16)18-2/h4H,3,5H2,1-2H3,(H2,10,11,15,17). The van der Waals surface area contributed by atoms with Gasteiger partial charge in [-0.3, -0.25) is 10.1 Å². The van der Waals surface area contributed by atoms with Gasteiger partial charge in [-0.2, -0.15) is 0 Å². The van der Waals surface area contributed by atoms with Crippen LogP contribution in [-0.4, -0.2) is 46.6 Å². The fraction of sp³-hybridized carbons (Fsp3) is 0.444. The molecule has 0 fully saturated rings. The maximum atomic E-state index is 11.4. The van der Waals surface area contributed by atoms with Crippen LogP contribution in [0.4, 0.5) is 4.79 Å². The first kappa shape index (κ1) is 13.6. The average Bonchev–Trinajstić information content (AvgIpc) is 2.76. The summed E-state index contributed by atoms with van der Waals surface area (Å²) in [5, 5.41) is 11.6. The molecule has 0 aromatic carbocycles. The largest absolute Gasteiger partial charge is 0.464 e. The van der Waals surface area contributed by atoms with E-state index in [4.69, 9.17) is 0 Å². The molecule has 0 spiro atoms. The number of nitrogens with one attached hydrogen (secondary N) is 2. The first-order chi connectivity index (χ1) is 8.56. The minimum Gasteiger partial charge on any atom is -0.464 e. The Bertz CT molecular complexity index is 456. The van der Waals surface area contributed by atoms with Crippen LogP contribution in [0.25, 0.3) is 0 Å². The topological polar surface area (TPSA) is 115 Å². The molecule has 18 heavy (non-hydrogen) atoms. The quantitative estimate of drug-likeness (QED) is 0.660. The van der Waals surface area contributed by atoms with Crippen molar-refractivity contribution in [2.24, 2.45) is 0 Å². The van der Waals surface area contributed by atoms with E-state index in [0.717, 1.165) is 4.68 Å². The van der Waals surface area contributed by atoms with Crippen LogP contribution >= 0.6 is 0 Å². The van der Waals surface area contributed by atoms with E-state index in [-0.39, 0.29) is 12.2 Å². The molecule has 0 aliphatic rings. The smallest absolute Gasteiger partial charge is 0.360 e. The van der Waals surface area contributed by atoms with Gasteiger partial charge in [-0.05, 0) is 6.92 Å². The molecule has 1 heterocycles. The number of nitrogens with zero attached hydrogens (tertiary/aromatic N) is 3. The number of esters is 1. The van der Waals surface area contributed by atoms with E-state index in [9.17, 15) is 14.4 Å². The predicted molar refractivity (Wildman–Crippen MR) is 58.6 cm³/mol. The zero-order valence-corrected chi connectivity index (χ0v) is 9.97. The molecule has 0 unspecified atom stereocenters. The van der Waals surface area contributed by atoms with Crippen LogP contribution in [0.5, 0.6) is 0 Å². The Labute approximate surface area is 102 Å². The van der Waals surface area contributed by atoms with Crippen molar-refractivity contribution < 1.29 is 19.1 Å². The average molecular weight is 255 g/mol. The Morgan fingerprint density at radius 1 is 1.44 bits per heavy atom. The van der Waals surface area contributed by atoms with Crippen LogP contribution in [0.15, 0.2) is 6.20 Å². The second kappa shape index (κ2) is 6.33. The van der Waals surface area contributed by atoms with Gasteiger partial charge >= 0.3 is 12.0 Å². The maximum Gasteiger partial charge on any atom is 0.360 e. The molecular weight excluding hydrogens is 242 g/mol. The molecule has 0 bridgehead atoms. The number of rotatable bonds is 4. The summed E-state index contributed by atoms with van der Waals surface area (Å²) >= 11 is 0. The molecule has 3 amide bonds. The van der Waals surface area contributed by atoms with E-state index in [1.54, 1.807) is 6.92 Å². The summed E-state index contributed by atoms with van der Waals surface area (Å²) < 4.78 is 5.56. The van der Waals surface area contributed by atoms with E-state index in [1.165, 1.54) is 13.3 Å². The normalized spacial score (nSPS) is 9.67. The van der Waals surface area contributed by atoms with Crippen molar-refractivity contribution in [2.45, 2.75) is 13.5 Å². The number of carbonyl (C=O) groups is 3. The lowest BCUT2D eigenvalue weighted by Crippen LogP contribution is -2.40. The highest BCUT2D eigenvalue weighted by Crippen LogP contribution is 1.95. The monoisotopic (exact) mass is 255 g/mol. The van der Waals surface area contributed by atoms with Crippen LogP contribution in [-0.2, 0) is 16.1 Å². The predicted octanol–water partition coefficient (Wildman–Crippen LogP) is -1.09. The molecule has 1 rings (SSSR count). The van der Waals surface area contributed by atoms with Gasteiger partial charge in [0.05, 0.1) is 13.3 Å². The number of urea groups is 1. The Balaban J connectivity index is 2.52. The van der Waals surface area contributed by atoms with Gasteiger partial charge < -0.3 is 10.1 Å². The zero-order chi connectivity index (χ0) is 13.5. The summed E-state index contributed by atoms with van der Waals surface area (Å²) in [7, 11) is 1.21. The molecule has 0 aliphatic heterocycles. The number of carbonyl (C=O) groups excluding carboxylic acids is 3. The van der Waals surface area contributed by atoms with Crippen LogP contribution in [0, 0.1) is 0 Å². The van der Waals surface area contributed by atoms with Gasteiger partial charge in [-0.15, -0.1) is 5.10 Å². The molecule has 98 valence electrons. The van der Waals surface area contributed by atoms with Gasteiger partial charge in [-0.25, -0.2) is 14.3 Å². The third-order valence-corrected chi connectivity index (χ3v) is 1.83. The van der Waals surface area contributed by atoms with Gasteiger partial charge in [0.15, 0.2) is 5.69 Å². The highest BCUT2D eigenvalue weighted by Gasteiger charge is 2.13. The van der Waals surface area contributed by atoms with Crippen molar-refractivity contribution in [3.63, 3.8) is 0 Å². The van der Waals surface area contributed by atoms with Crippen molar-refractivity contribution in [1.82, 2.24) is 25.6 Å². The minimum atomic E-state index is -0.648. The first-order valence-electron chi connectivity index (χ1n) is 5.13. The third kappa shape index (κ3) is 3.85. The summed E-state index contributed by atoms with van der Waals surface area (Å²) in [6.07, 6.45) is 1.25. The Morgan fingerprint density at radius 2 is 2.17 bits per heavy atom. The van der Waals surface area contributed by atoms with Crippen molar-refractivity contribution in [3.05, 3.63) is 11.9 Å². The van der Waals surface area contributed by atoms with E-state index < -0.39 is 17.9 Å². The van der Waals surface area contributed by atoms with Gasteiger partial charge in [0.1, 0.15) is 6.54 Å². The molecule has 0 atom stereocenters. The first-order valence-corrected chi connectivity index (χ1v) is 5.13. The fourth-order valence-corrected chi connectivity index (χ4v) is 1.09. The molecule has 9 heteroatoms. The molecule has 2 N–H and O–H groups in total. The van der Waals surface area contributed by atoms with Crippen molar-refractivity contribution in [1.29, 1.82) is 0 Å². The van der Waals surface area contributed by atoms with Gasteiger partial charge in [0, 0.05) is 6.54 Å². The summed E-state index contributed by atoms with van der Waals surface area (Å²) in [6, 6.07) is -0.587. The minimum absolute atomic E-state index is 0.0108. The number of hydrogen-bond acceptors (Lipinski definition) is 6. The van der Waals surface area contributed by atoms with Crippen molar-refractivity contribution in [3.8, 4) is 0 Å². The maximum absolute atomic E-state index is 11.4. The lowest BCUT2D eigenvalue weighted by Gasteiger charge is -2.03. The van der Waals surface area contributed by atoms with E-state index in [0.29, 0.717) is 6.54 Å². The van der Waals surface area contributed by atoms with Crippen LogP contribution in [0.2, 0.25) is 0 Å². The fourth-order valence-electron chi connectivity index (χ4n) is 1.09. The van der Waals surface area contributed by atoms with Gasteiger partial charge in [0.2, 0.25) is 5.91 Å². The molecule has 0 saturated heterocycles. The molecule has 1 aromatic heterocycles. The third-order valence-electron chi connectivity index (χ3n) is 1.83. The van der Waals surface area contributed by atoms with E-state index in [2.05, 4.69) is 25.7 Å². The number of imide groups is 1. The SMILES string of the molecule is CCNC(=O)NC(=O)Cn1cc(C(=O)OC)nn1. The van der Waals surface area contributed by atoms with Crippen LogP contribution < -0.4 is 10.6 Å². The summed E-state index contributed by atoms with van der Waals surface area (Å²) in [5.74, 6) is -1.22. The molecule has 9 nitrogen and oxygen atoms in total. The number of ether oxygens (including phenoxy) is 1. The number of aromatic nitrogens is 3. The van der Waals surface area contributed by atoms with E-state index >= 15 is 0 Å². The molecule has 1 aromatic rings. The summed E-state index contributed by atoms with van der Waals surface area (Å²) in [6.45, 7) is 1.92. The number of hydrogen-bond donors (Lipinski definition) is 2. The van der Waals surface area contributed by atoms with E-state index in [1.807, 2.05) is 0 Å². The van der Waals surface area contributed by atoms with Crippen LogP contribution in [0.1, 0.15) is 17.4 Å². The molecule has 0 saturated carbocycles. The number of amides is 3. The second-order valence-corrected chi connectivity index (χ2v) is 3.20. The highest BCUT2D eigenvalue weighted by molar-refractivity contribution is 5.94. The Morgan fingerprint density at radius 3 is 2.78 bits per heavy atom. The van der Waals surface area contributed by atoms with Crippen molar-refractivity contribution in [2.75, 3.05) is 13.7 Å². The molecule has 0 aliphatic carbocycles. The Hall–Kier alpha value is -2.45. The van der Waals surface area contributed by atoms with Gasteiger partial charge in [-0.1, -0.05) is 5.21 Å². The van der Waals surface area contributed by atoms with Crippen LogP contribution in [0.3, 0.4) is 0 Å². The zero-order valence-electron chi connectivity index (χ0n) is 9.97. The van der Waals surface area contributed by atoms with Gasteiger partial charge in [0.25, 0.3) is 0 Å². The highest BCUT2D eigenvalue weighted by atomic mass is 16.5. The number of methoxy groups -OCH3 is 1. The summed E-state index contributed by atoms with van der Waals surface area (Å²) in [4.78, 5) is 33.5. The lowest BCUT2D eigenvalue weighted by atomic mass is 10.5.